The van der Waals surface area contributed by atoms with Crippen molar-refractivity contribution in [3.8, 4) is 0 Å². The van der Waals surface area contributed by atoms with Crippen LogP contribution in [0.2, 0.25) is 0 Å². The van der Waals surface area contributed by atoms with Crippen molar-refractivity contribution < 1.29 is 23.8 Å². The predicted octanol–water partition coefficient (Wildman–Crippen LogP) is 3.30. The van der Waals surface area contributed by atoms with Crippen LogP contribution < -0.4 is 5.32 Å². The molecule has 0 radical (unpaired) electrons. The number of carbonyl (C=O) groups is 2. The molecule has 7 nitrogen and oxygen atoms in total. The normalized spacial score (nSPS) is 18.5. The van der Waals surface area contributed by atoms with E-state index in [1.807, 2.05) is 60.7 Å². The summed E-state index contributed by atoms with van der Waals surface area (Å²) in [6.07, 6.45) is -1.07. The fourth-order valence-corrected chi connectivity index (χ4v) is 3.11. The lowest BCUT2D eigenvalue weighted by Crippen LogP contribution is -2.48. The Morgan fingerprint density at radius 3 is 2.11 bits per heavy atom. The maximum atomic E-state index is 12.4. The van der Waals surface area contributed by atoms with Gasteiger partial charge < -0.3 is 19.5 Å². The van der Waals surface area contributed by atoms with Crippen LogP contribution in [0.1, 0.15) is 17.5 Å². The predicted molar refractivity (Wildman–Crippen MR) is 102 cm³/mol. The number of hydrogen-bond donors (Lipinski definition) is 1. The number of hydrogen-bond acceptors (Lipinski definition) is 5. The first-order valence-electron chi connectivity index (χ1n) is 9.14. The molecule has 1 aliphatic rings. The molecule has 0 unspecified atom stereocenters. The van der Waals surface area contributed by atoms with Crippen molar-refractivity contribution in [2.24, 2.45) is 0 Å². The van der Waals surface area contributed by atoms with Crippen molar-refractivity contribution in [1.29, 1.82) is 0 Å². The average Bonchev–Trinajstić information content (AvgIpc) is 3.14. The van der Waals surface area contributed by atoms with Gasteiger partial charge in [-0.25, -0.2) is 9.59 Å². The van der Waals surface area contributed by atoms with Crippen LogP contribution in [0.5, 0.6) is 0 Å². The van der Waals surface area contributed by atoms with Crippen LogP contribution in [-0.2, 0) is 27.4 Å². The minimum atomic E-state index is -0.604. The molecule has 1 N–H and O–H groups in total. The molecule has 2 amide bonds. The molecule has 3 rings (SSSR count). The van der Waals surface area contributed by atoms with Crippen LogP contribution >= 0.6 is 0 Å². The topological polar surface area (TPSA) is 77.1 Å². The summed E-state index contributed by atoms with van der Waals surface area (Å²) in [5.74, 6) is 0. The summed E-state index contributed by atoms with van der Waals surface area (Å²) in [7, 11) is 1.50. The Bertz CT molecular complexity index is 769. The van der Waals surface area contributed by atoms with Crippen LogP contribution in [0, 0.1) is 0 Å². The highest BCUT2D eigenvalue weighted by Crippen LogP contribution is 2.20. The number of methoxy groups -OCH3 is 1. The van der Waals surface area contributed by atoms with Crippen molar-refractivity contribution in [3.63, 3.8) is 0 Å². The van der Waals surface area contributed by atoms with Gasteiger partial charge in [0.25, 0.3) is 0 Å². The van der Waals surface area contributed by atoms with Crippen LogP contribution in [0.15, 0.2) is 60.7 Å². The molecule has 0 aliphatic carbocycles. The summed E-state index contributed by atoms with van der Waals surface area (Å²) in [6, 6.07) is 18.5. The van der Waals surface area contributed by atoms with Gasteiger partial charge in [-0.15, -0.1) is 0 Å². The summed E-state index contributed by atoms with van der Waals surface area (Å²) in [5, 5.41) is 2.77. The number of rotatable bonds is 6. The first-order valence-corrected chi connectivity index (χ1v) is 9.14. The summed E-state index contributed by atoms with van der Waals surface area (Å²) in [4.78, 5) is 26.0. The largest absolute Gasteiger partial charge is 0.445 e. The molecule has 0 spiro atoms. The van der Waals surface area contributed by atoms with E-state index < -0.39 is 18.4 Å². The van der Waals surface area contributed by atoms with Crippen molar-refractivity contribution in [2.75, 3.05) is 13.7 Å². The van der Waals surface area contributed by atoms with Gasteiger partial charge in [-0.2, -0.15) is 0 Å². The van der Waals surface area contributed by atoms with Crippen LogP contribution in [-0.4, -0.2) is 43.0 Å². The van der Waals surface area contributed by atoms with Crippen molar-refractivity contribution in [3.05, 3.63) is 71.8 Å². The fraction of sp³-hybridized carbons (Fsp3) is 0.333. The lowest BCUT2D eigenvalue weighted by Gasteiger charge is -2.26. The first kappa shape index (κ1) is 19.7. The van der Waals surface area contributed by atoms with Gasteiger partial charge in [-0.1, -0.05) is 60.7 Å². The van der Waals surface area contributed by atoms with E-state index in [0.717, 1.165) is 11.1 Å². The number of nitrogens with zero attached hydrogens (tertiary/aromatic N) is 1. The number of amides is 2. The molecular formula is C21H24N2O5. The Morgan fingerprint density at radius 1 is 0.964 bits per heavy atom. The number of nitrogens with one attached hydrogen (secondary N) is 1. The zero-order chi connectivity index (χ0) is 19.8. The Labute approximate surface area is 164 Å². The third-order valence-corrected chi connectivity index (χ3v) is 4.53. The molecule has 1 saturated heterocycles. The van der Waals surface area contributed by atoms with Gasteiger partial charge in [0.15, 0.2) is 6.23 Å². The molecule has 7 heteroatoms. The number of alkyl carbamates (subject to hydrolysis) is 1. The van der Waals surface area contributed by atoms with Crippen LogP contribution in [0.3, 0.4) is 0 Å². The number of carbonyl (C=O) groups excluding carboxylic acids is 2. The maximum absolute atomic E-state index is 12.4. The quantitative estimate of drug-likeness (QED) is 0.827. The standard InChI is InChI=1S/C21H24N2O5/c1-26-19-18(22-20(24)27-14-16-8-4-2-5-9-16)12-13-23(19)21(25)28-15-17-10-6-3-7-11-17/h2-11,18-19H,12-15H2,1H3,(H,22,24)/t18-,19+/m0/s1. The Morgan fingerprint density at radius 2 is 1.54 bits per heavy atom. The molecule has 0 saturated carbocycles. The van der Waals surface area contributed by atoms with Gasteiger partial charge in [0.2, 0.25) is 0 Å². The second kappa shape index (κ2) is 9.75. The van der Waals surface area contributed by atoms with Gasteiger partial charge in [0.1, 0.15) is 13.2 Å². The van der Waals surface area contributed by atoms with E-state index in [-0.39, 0.29) is 19.3 Å². The molecule has 1 fully saturated rings. The van der Waals surface area contributed by atoms with E-state index in [1.54, 1.807) is 0 Å². The average molecular weight is 384 g/mol. The zero-order valence-electron chi connectivity index (χ0n) is 15.7. The monoisotopic (exact) mass is 384 g/mol. The second-order valence-corrected chi connectivity index (χ2v) is 6.46. The molecule has 1 heterocycles. The van der Waals surface area contributed by atoms with E-state index in [1.165, 1.54) is 12.0 Å². The molecule has 0 aromatic heterocycles. The van der Waals surface area contributed by atoms with Gasteiger partial charge >= 0.3 is 12.2 Å². The Kier molecular flexibility index (Phi) is 6.86. The number of ether oxygens (including phenoxy) is 3. The van der Waals surface area contributed by atoms with E-state index in [9.17, 15) is 9.59 Å². The minimum Gasteiger partial charge on any atom is -0.445 e. The highest BCUT2D eigenvalue weighted by atomic mass is 16.6. The molecule has 0 bridgehead atoms. The smallest absolute Gasteiger partial charge is 0.412 e. The van der Waals surface area contributed by atoms with Crippen molar-refractivity contribution in [2.45, 2.75) is 31.9 Å². The summed E-state index contributed by atoms with van der Waals surface area (Å²) < 4.78 is 16.0. The lowest BCUT2D eigenvalue weighted by atomic mass is 10.2. The number of benzene rings is 2. The molecule has 2 aromatic carbocycles. The SMILES string of the molecule is CO[C@@H]1[C@@H](NC(=O)OCc2ccccc2)CCN1C(=O)OCc1ccccc1. The highest BCUT2D eigenvalue weighted by molar-refractivity contribution is 5.70. The van der Waals surface area contributed by atoms with Gasteiger partial charge in [0, 0.05) is 13.7 Å². The van der Waals surface area contributed by atoms with E-state index >= 15 is 0 Å². The highest BCUT2D eigenvalue weighted by Gasteiger charge is 2.39. The fourth-order valence-electron chi connectivity index (χ4n) is 3.11. The third kappa shape index (κ3) is 5.23. The third-order valence-electron chi connectivity index (χ3n) is 4.53. The van der Waals surface area contributed by atoms with E-state index in [0.29, 0.717) is 13.0 Å². The molecular weight excluding hydrogens is 360 g/mol. The second-order valence-electron chi connectivity index (χ2n) is 6.46. The van der Waals surface area contributed by atoms with Gasteiger partial charge in [-0.3, -0.25) is 4.90 Å². The number of likely N-dealkylation sites (tertiary alicyclic amines) is 1. The Hall–Kier alpha value is -3.06. The van der Waals surface area contributed by atoms with Crippen molar-refractivity contribution in [1.82, 2.24) is 10.2 Å². The summed E-state index contributed by atoms with van der Waals surface area (Å²) in [6.45, 7) is 0.791. The van der Waals surface area contributed by atoms with Gasteiger partial charge in [0.05, 0.1) is 6.04 Å². The molecule has 28 heavy (non-hydrogen) atoms. The van der Waals surface area contributed by atoms with Crippen LogP contribution in [0.25, 0.3) is 0 Å². The van der Waals surface area contributed by atoms with Crippen LogP contribution in [0.4, 0.5) is 9.59 Å². The van der Waals surface area contributed by atoms with Crippen molar-refractivity contribution >= 4 is 12.2 Å². The van der Waals surface area contributed by atoms with Gasteiger partial charge in [-0.05, 0) is 17.5 Å². The molecule has 1 aliphatic heterocycles. The zero-order valence-corrected chi connectivity index (χ0v) is 15.7. The maximum Gasteiger partial charge on any atom is 0.412 e. The molecule has 148 valence electrons. The Balaban J connectivity index is 1.48. The van der Waals surface area contributed by atoms with E-state index in [4.69, 9.17) is 14.2 Å². The molecule has 2 aromatic rings. The summed E-state index contributed by atoms with van der Waals surface area (Å²) >= 11 is 0. The lowest BCUT2D eigenvalue weighted by molar-refractivity contribution is -0.0202. The summed E-state index contributed by atoms with van der Waals surface area (Å²) in [5.41, 5.74) is 1.81. The molecule has 2 atom stereocenters. The first-order chi connectivity index (χ1) is 13.7. The minimum absolute atomic E-state index is 0.180. The van der Waals surface area contributed by atoms with E-state index in [2.05, 4.69) is 5.32 Å².